The highest BCUT2D eigenvalue weighted by molar-refractivity contribution is 7.15. The zero-order valence-corrected chi connectivity index (χ0v) is 15.8. The molecule has 0 fully saturated rings. The Kier molecular flexibility index (Phi) is 4.60. The van der Waals surface area contributed by atoms with E-state index in [0.29, 0.717) is 6.42 Å². The lowest BCUT2D eigenvalue weighted by Crippen LogP contribution is -2.13. The van der Waals surface area contributed by atoms with Gasteiger partial charge >= 0.3 is 0 Å². The zero-order valence-electron chi connectivity index (χ0n) is 15.0. The fourth-order valence-electron chi connectivity index (χ4n) is 3.63. The molecule has 0 N–H and O–H groups in total. The third-order valence-electron chi connectivity index (χ3n) is 4.82. The number of aromatic nitrogens is 2. The number of nitriles is 1. The third-order valence-corrected chi connectivity index (χ3v) is 5.85. The summed E-state index contributed by atoms with van der Waals surface area (Å²) in [6.07, 6.45) is 8.12. The number of ether oxygens (including phenoxy) is 1. The van der Waals surface area contributed by atoms with Crippen LogP contribution in [0.25, 0.3) is 16.1 Å². The second-order valence-electron chi connectivity index (χ2n) is 7.02. The van der Waals surface area contributed by atoms with E-state index in [1.165, 1.54) is 23.1 Å². The molecule has 4 rings (SSSR count). The van der Waals surface area contributed by atoms with Crippen LogP contribution in [0.2, 0.25) is 0 Å². The van der Waals surface area contributed by atoms with Crippen molar-refractivity contribution < 1.29 is 4.74 Å². The van der Waals surface area contributed by atoms with Crippen LogP contribution >= 0.6 is 11.3 Å². The van der Waals surface area contributed by atoms with E-state index in [2.05, 4.69) is 34.5 Å². The van der Waals surface area contributed by atoms with Gasteiger partial charge in [0.05, 0.1) is 12.2 Å². The number of aryl methyl sites for hydroxylation is 1. The predicted octanol–water partition coefficient (Wildman–Crippen LogP) is 4.93. The molecule has 132 valence electrons. The van der Waals surface area contributed by atoms with Gasteiger partial charge in [0.25, 0.3) is 0 Å². The number of hydrogen-bond acceptors (Lipinski definition) is 5. The largest absolute Gasteiger partial charge is 0.494 e. The highest BCUT2D eigenvalue weighted by Gasteiger charge is 2.25. The maximum absolute atomic E-state index is 9.50. The molecule has 0 radical (unpaired) electrons. The number of fused-ring (bicyclic) bond motifs is 1. The summed E-state index contributed by atoms with van der Waals surface area (Å²) >= 11 is 1.62. The molecule has 0 bridgehead atoms. The molecule has 5 heteroatoms. The molecule has 1 atom stereocenters. The summed E-state index contributed by atoms with van der Waals surface area (Å²) in [6, 6.07) is 8.84. The van der Waals surface area contributed by atoms with E-state index in [0.717, 1.165) is 34.2 Å². The fourth-order valence-corrected chi connectivity index (χ4v) is 4.56. The van der Waals surface area contributed by atoms with Crippen molar-refractivity contribution in [1.82, 2.24) is 10.2 Å². The van der Waals surface area contributed by atoms with Gasteiger partial charge in [-0.05, 0) is 62.3 Å². The van der Waals surface area contributed by atoms with Crippen molar-refractivity contribution in [2.24, 2.45) is 5.92 Å². The minimum Gasteiger partial charge on any atom is -0.494 e. The highest BCUT2D eigenvalue weighted by Crippen LogP contribution is 2.38. The molecule has 2 aliphatic carbocycles. The zero-order chi connectivity index (χ0) is 18.1. The van der Waals surface area contributed by atoms with Crippen molar-refractivity contribution in [3.05, 3.63) is 52.2 Å². The summed E-state index contributed by atoms with van der Waals surface area (Å²) in [5, 5.41) is 20.2. The maximum atomic E-state index is 9.50. The second kappa shape index (κ2) is 7.05. The summed E-state index contributed by atoms with van der Waals surface area (Å²) in [6.45, 7) is 3.95. The SMILES string of the molecule is CC(C)OC1=CC=C(c2nnc(-c3cccc4c3CCC4)s2)CC1C#N. The molecule has 2 aromatic rings. The Morgan fingerprint density at radius 2 is 2.04 bits per heavy atom. The highest BCUT2D eigenvalue weighted by atomic mass is 32.1. The predicted molar refractivity (Wildman–Crippen MR) is 103 cm³/mol. The van der Waals surface area contributed by atoms with Gasteiger partial charge in [0.15, 0.2) is 0 Å². The van der Waals surface area contributed by atoms with E-state index < -0.39 is 0 Å². The first kappa shape index (κ1) is 17.0. The minimum absolute atomic E-state index is 0.0698. The molecule has 26 heavy (non-hydrogen) atoms. The molecular weight excluding hydrogens is 342 g/mol. The molecule has 0 spiro atoms. The standard InChI is InChI=1S/C21H21N3OS/c1-13(2)25-19-10-9-15(11-16(19)12-22)20-23-24-21(26-20)18-8-4-6-14-5-3-7-17(14)18/h4,6,8-10,13,16H,3,5,7,11H2,1-2H3. The van der Waals surface area contributed by atoms with Crippen LogP contribution in [0.4, 0.5) is 0 Å². The summed E-state index contributed by atoms with van der Waals surface area (Å²) < 4.78 is 5.77. The van der Waals surface area contributed by atoms with Crippen molar-refractivity contribution in [3.8, 4) is 16.6 Å². The number of allylic oxidation sites excluding steroid dienone is 4. The van der Waals surface area contributed by atoms with E-state index in [-0.39, 0.29) is 12.0 Å². The van der Waals surface area contributed by atoms with Crippen molar-refractivity contribution >= 4 is 16.9 Å². The average molecular weight is 363 g/mol. The van der Waals surface area contributed by atoms with E-state index in [4.69, 9.17) is 4.74 Å². The molecule has 0 saturated carbocycles. The van der Waals surface area contributed by atoms with Gasteiger partial charge in [-0.25, -0.2) is 0 Å². The van der Waals surface area contributed by atoms with Crippen LogP contribution in [0, 0.1) is 17.2 Å². The van der Waals surface area contributed by atoms with Crippen LogP contribution < -0.4 is 0 Å². The van der Waals surface area contributed by atoms with E-state index in [1.54, 1.807) is 11.3 Å². The summed E-state index contributed by atoms with van der Waals surface area (Å²) in [5.74, 6) is 0.489. The maximum Gasteiger partial charge on any atom is 0.148 e. The van der Waals surface area contributed by atoms with Gasteiger partial charge in [-0.1, -0.05) is 35.6 Å². The van der Waals surface area contributed by atoms with Crippen molar-refractivity contribution in [2.75, 3.05) is 0 Å². The Hall–Kier alpha value is -2.45. The van der Waals surface area contributed by atoms with Crippen LogP contribution in [-0.4, -0.2) is 16.3 Å². The lowest BCUT2D eigenvalue weighted by atomic mass is 9.94. The normalized spacial score (nSPS) is 18.9. The van der Waals surface area contributed by atoms with Crippen molar-refractivity contribution in [1.29, 1.82) is 5.26 Å². The summed E-state index contributed by atoms with van der Waals surface area (Å²) in [4.78, 5) is 0. The van der Waals surface area contributed by atoms with E-state index >= 15 is 0 Å². The lowest BCUT2D eigenvalue weighted by molar-refractivity contribution is 0.129. The molecule has 1 aromatic heterocycles. The minimum atomic E-state index is -0.259. The third kappa shape index (κ3) is 3.17. The van der Waals surface area contributed by atoms with Gasteiger partial charge in [0.1, 0.15) is 21.7 Å². The van der Waals surface area contributed by atoms with Crippen molar-refractivity contribution in [2.45, 2.75) is 45.6 Å². The van der Waals surface area contributed by atoms with Gasteiger partial charge in [-0.3, -0.25) is 0 Å². The number of benzene rings is 1. The van der Waals surface area contributed by atoms with Gasteiger partial charge in [-0.15, -0.1) is 10.2 Å². The molecular formula is C21H21N3OS. The number of hydrogen-bond donors (Lipinski definition) is 0. The lowest BCUT2D eigenvalue weighted by Gasteiger charge is -2.21. The Morgan fingerprint density at radius 1 is 1.19 bits per heavy atom. The molecule has 0 aliphatic heterocycles. The Bertz CT molecular complexity index is 933. The number of rotatable bonds is 4. The van der Waals surface area contributed by atoms with Crippen LogP contribution in [-0.2, 0) is 17.6 Å². The molecule has 1 aromatic carbocycles. The molecule has 0 amide bonds. The first-order chi connectivity index (χ1) is 12.7. The van der Waals surface area contributed by atoms with Gasteiger partial charge in [-0.2, -0.15) is 5.26 Å². The summed E-state index contributed by atoms with van der Waals surface area (Å²) in [5.41, 5.74) is 5.15. The Morgan fingerprint density at radius 3 is 2.85 bits per heavy atom. The van der Waals surface area contributed by atoms with Gasteiger partial charge in [0.2, 0.25) is 0 Å². The van der Waals surface area contributed by atoms with Crippen LogP contribution in [0.3, 0.4) is 0 Å². The quantitative estimate of drug-likeness (QED) is 0.773. The molecule has 2 aliphatic rings. The average Bonchev–Trinajstić information content (AvgIpc) is 3.30. The monoisotopic (exact) mass is 363 g/mol. The molecule has 1 unspecified atom stereocenters. The van der Waals surface area contributed by atoms with Crippen LogP contribution in [0.15, 0.2) is 36.1 Å². The van der Waals surface area contributed by atoms with Crippen LogP contribution in [0.1, 0.15) is 42.8 Å². The molecule has 1 heterocycles. The molecule has 0 saturated heterocycles. The van der Waals surface area contributed by atoms with Crippen LogP contribution in [0.5, 0.6) is 0 Å². The van der Waals surface area contributed by atoms with Crippen molar-refractivity contribution in [3.63, 3.8) is 0 Å². The Labute approximate surface area is 157 Å². The topological polar surface area (TPSA) is 58.8 Å². The smallest absolute Gasteiger partial charge is 0.148 e. The first-order valence-corrected chi connectivity index (χ1v) is 9.89. The van der Waals surface area contributed by atoms with Gasteiger partial charge < -0.3 is 4.74 Å². The fraction of sp³-hybridized carbons (Fsp3) is 0.381. The first-order valence-electron chi connectivity index (χ1n) is 9.07. The Balaban J connectivity index is 1.63. The van der Waals surface area contributed by atoms with Gasteiger partial charge in [0, 0.05) is 5.56 Å². The number of nitrogens with zero attached hydrogens (tertiary/aromatic N) is 3. The van der Waals surface area contributed by atoms with E-state index in [1.807, 2.05) is 26.0 Å². The summed E-state index contributed by atoms with van der Waals surface area (Å²) in [7, 11) is 0. The van der Waals surface area contributed by atoms with E-state index in [9.17, 15) is 5.26 Å². The second-order valence-corrected chi connectivity index (χ2v) is 8.00. The molecule has 4 nitrogen and oxygen atoms in total.